The van der Waals surface area contributed by atoms with E-state index in [0.29, 0.717) is 76.4 Å². The lowest BCUT2D eigenvalue weighted by Gasteiger charge is -2.25. The molecule has 2 saturated heterocycles. The third-order valence-corrected chi connectivity index (χ3v) is 8.48. The average molecular weight is 608 g/mol. The maximum atomic E-state index is 13.5. The Labute approximate surface area is 258 Å². The number of hydrogen-bond acceptors (Lipinski definition) is 9. The second kappa shape index (κ2) is 13.5. The van der Waals surface area contributed by atoms with Crippen LogP contribution in [-0.2, 0) is 0 Å². The molecule has 11 nitrogen and oxygen atoms in total. The molecule has 0 saturated carbocycles. The second-order valence-electron chi connectivity index (χ2n) is 10.9. The number of hydrogen-bond donors (Lipinski definition) is 0. The van der Waals surface area contributed by atoms with Crippen LogP contribution in [0.15, 0.2) is 29.8 Å². The van der Waals surface area contributed by atoms with Crippen LogP contribution in [0.4, 0.5) is 5.69 Å². The van der Waals surface area contributed by atoms with Crippen molar-refractivity contribution in [1.29, 1.82) is 0 Å². The highest BCUT2D eigenvalue weighted by Gasteiger charge is 2.35. The van der Waals surface area contributed by atoms with Gasteiger partial charge in [-0.1, -0.05) is 6.08 Å². The quantitative estimate of drug-likeness (QED) is 0.245. The van der Waals surface area contributed by atoms with Crippen molar-refractivity contribution in [3.05, 3.63) is 41.5 Å². The lowest BCUT2D eigenvalue weighted by molar-refractivity contribution is 0.0756. The van der Waals surface area contributed by atoms with Crippen LogP contribution in [0.25, 0.3) is 0 Å². The van der Waals surface area contributed by atoms with Gasteiger partial charge in [-0.3, -0.25) is 14.6 Å². The predicted molar refractivity (Wildman–Crippen MR) is 166 cm³/mol. The molecule has 11 heteroatoms. The van der Waals surface area contributed by atoms with Gasteiger partial charge < -0.3 is 38.2 Å². The van der Waals surface area contributed by atoms with Crippen LogP contribution in [-0.4, -0.2) is 94.7 Å². The van der Waals surface area contributed by atoms with Gasteiger partial charge in [-0.2, -0.15) is 0 Å². The summed E-state index contributed by atoms with van der Waals surface area (Å²) < 4.78 is 34.9. The second-order valence-corrected chi connectivity index (χ2v) is 10.9. The van der Waals surface area contributed by atoms with E-state index in [2.05, 4.69) is 11.6 Å². The Kier molecular flexibility index (Phi) is 9.51. The van der Waals surface area contributed by atoms with Crippen molar-refractivity contribution in [2.24, 2.45) is 4.99 Å². The predicted octanol–water partition coefficient (Wildman–Crippen LogP) is 4.99. The average Bonchev–Trinajstić information content (AvgIpc) is 3.70. The molecule has 2 aromatic rings. The van der Waals surface area contributed by atoms with Crippen LogP contribution in [0.2, 0.25) is 0 Å². The summed E-state index contributed by atoms with van der Waals surface area (Å²) in [7, 11) is 6.12. The molecule has 2 amide bonds. The minimum Gasteiger partial charge on any atom is -0.493 e. The Morgan fingerprint density at radius 3 is 2.25 bits per heavy atom. The van der Waals surface area contributed by atoms with E-state index in [-0.39, 0.29) is 37.1 Å². The summed E-state index contributed by atoms with van der Waals surface area (Å²) in [6.07, 6.45) is 7.79. The van der Waals surface area contributed by atoms with Crippen molar-refractivity contribution in [3.63, 3.8) is 0 Å². The van der Waals surface area contributed by atoms with Crippen LogP contribution in [0, 0.1) is 6.92 Å². The molecule has 0 N–H and O–H groups in total. The molecule has 3 aliphatic rings. The van der Waals surface area contributed by atoms with Gasteiger partial charge in [-0.15, -0.1) is 6.58 Å². The summed E-state index contributed by atoms with van der Waals surface area (Å²) in [6.45, 7) is 7.64. The maximum Gasteiger partial charge on any atom is 0.256 e. The molecule has 2 atom stereocenters. The van der Waals surface area contributed by atoms with Gasteiger partial charge in [-0.25, -0.2) is 0 Å². The number of rotatable bonds is 12. The first-order chi connectivity index (χ1) is 21.4. The molecule has 3 aliphatic heterocycles. The van der Waals surface area contributed by atoms with Gasteiger partial charge in [-0.05, 0) is 44.7 Å². The van der Waals surface area contributed by atoms with E-state index in [1.165, 1.54) is 21.3 Å². The molecule has 0 aromatic heterocycles. The highest BCUT2D eigenvalue weighted by atomic mass is 16.5. The summed E-state index contributed by atoms with van der Waals surface area (Å²) in [5.41, 5.74) is 2.05. The van der Waals surface area contributed by atoms with Gasteiger partial charge in [0.2, 0.25) is 11.5 Å². The minimum absolute atomic E-state index is 0.0105. The Morgan fingerprint density at radius 1 is 0.932 bits per heavy atom. The molecule has 236 valence electrons. The Hall–Kier alpha value is -4.41. The summed E-state index contributed by atoms with van der Waals surface area (Å²) in [5.74, 6) is 2.19. The maximum absolute atomic E-state index is 13.5. The smallest absolute Gasteiger partial charge is 0.256 e. The minimum atomic E-state index is -0.0941. The highest BCUT2D eigenvalue weighted by molar-refractivity contribution is 6.05. The molecule has 2 aromatic carbocycles. The van der Waals surface area contributed by atoms with Gasteiger partial charge in [0.25, 0.3) is 11.8 Å². The third-order valence-electron chi connectivity index (χ3n) is 8.48. The van der Waals surface area contributed by atoms with E-state index < -0.39 is 0 Å². The molecule has 44 heavy (non-hydrogen) atoms. The topological polar surface area (TPSA) is 108 Å². The van der Waals surface area contributed by atoms with Crippen molar-refractivity contribution in [2.45, 2.75) is 51.1 Å². The molecule has 2 fully saturated rings. The largest absolute Gasteiger partial charge is 0.493 e. The highest BCUT2D eigenvalue weighted by Crippen LogP contribution is 2.48. The van der Waals surface area contributed by atoms with E-state index in [9.17, 15) is 9.59 Å². The summed E-state index contributed by atoms with van der Waals surface area (Å²) in [5, 5.41) is 0. The summed E-state index contributed by atoms with van der Waals surface area (Å²) >= 11 is 0. The molecular formula is C33H41N3O8. The van der Waals surface area contributed by atoms with E-state index in [0.717, 1.165) is 25.7 Å². The third kappa shape index (κ3) is 5.62. The van der Waals surface area contributed by atoms with Gasteiger partial charge in [0, 0.05) is 31.3 Å². The number of aliphatic imine (C=N–C) groups is 1. The van der Waals surface area contributed by atoms with Crippen LogP contribution in [0.5, 0.6) is 34.5 Å². The fourth-order valence-corrected chi connectivity index (χ4v) is 6.21. The number of nitrogens with zero attached hydrogens (tertiary/aromatic N) is 3. The Bertz CT molecular complexity index is 1460. The van der Waals surface area contributed by atoms with Crippen LogP contribution < -0.4 is 28.4 Å². The zero-order valence-electron chi connectivity index (χ0n) is 26.1. The monoisotopic (exact) mass is 607 g/mol. The van der Waals surface area contributed by atoms with E-state index in [1.54, 1.807) is 19.2 Å². The van der Waals surface area contributed by atoms with Gasteiger partial charge >= 0.3 is 0 Å². The van der Waals surface area contributed by atoms with Crippen molar-refractivity contribution in [3.8, 4) is 34.5 Å². The zero-order chi connectivity index (χ0) is 31.4. The Morgan fingerprint density at radius 2 is 1.59 bits per heavy atom. The van der Waals surface area contributed by atoms with Crippen LogP contribution in [0.1, 0.15) is 58.4 Å². The van der Waals surface area contributed by atoms with Crippen LogP contribution >= 0.6 is 0 Å². The first-order valence-corrected chi connectivity index (χ1v) is 15.0. The fourth-order valence-electron chi connectivity index (χ4n) is 6.21. The lowest BCUT2D eigenvalue weighted by Crippen LogP contribution is -2.35. The Balaban J connectivity index is 1.30. The number of fused-ring (bicyclic) bond motifs is 2. The normalized spacial score (nSPS) is 18.8. The number of ether oxygens (including phenoxy) is 6. The number of amides is 2. The number of likely N-dealkylation sites (tertiary alicyclic amines) is 1. The van der Waals surface area contributed by atoms with Crippen molar-refractivity contribution >= 4 is 23.7 Å². The lowest BCUT2D eigenvalue weighted by atomic mass is 10.0. The van der Waals surface area contributed by atoms with Crippen molar-refractivity contribution < 1.29 is 38.0 Å². The number of carbonyl (C=O) groups is 2. The van der Waals surface area contributed by atoms with E-state index in [1.807, 2.05) is 29.0 Å². The molecule has 0 bridgehead atoms. The zero-order valence-corrected chi connectivity index (χ0v) is 26.1. The van der Waals surface area contributed by atoms with Gasteiger partial charge in [0.15, 0.2) is 23.0 Å². The SMILES string of the molecule is C=CC1CCCN1C(=O)c1cc(OC)c(OCCCOc2c(OC)cc3c(c2OC)N=CC2CCCN2C3=O)c(OC)c1C. The number of carbonyl (C=O) groups excluding carboxylic acids is 2. The molecule has 0 spiro atoms. The molecule has 5 rings (SSSR count). The van der Waals surface area contributed by atoms with Crippen molar-refractivity contribution in [1.82, 2.24) is 9.80 Å². The summed E-state index contributed by atoms with van der Waals surface area (Å²) in [6, 6.07) is 3.37. The van der Waals surface area contributed by atoms with Gasteiger partial charge in [0.1, 0.15) is 5.69 Å². The first-order valence-electron chi connectivity index (χ1n) is 15.0. The van der Waals surface area contributed by atoms with Crippen LogP contribution in [0.3, 0.4) is 0 Å². The number of methoxy groups -OCH3 is 4. The molecule has 0 aliphatic carbocycles. The van der Waals surface area contributed by atoms with E-state index in [4.69, 9.17) is 28.4 Å². The summed E-state index contributed by atoms with van der Waals surface area (Å²) in [4.78, 5) is 35.1. The molecule has 0 radical (unpaired) electrons. The van der Waals surface area contributed by atoms with E-state index >= 15 is 0 Å². The standard InChI is InChI=1S/C33H41N3O8/c1-7-21-11-8-13-35(21)32(37)23-17-25(39-3)29(28(41-5)20(23)2)43-15-10-16-44-30-26(40-4)18-24-27(31(30)42-6)34-19-22-12-9-14-36(22)33(24)38/h7,17-19,21-22H,1,8-16H2,2-6H3. The van der Waals surface area contributed by atoms with Gasteiger partial charge in [0.05, 0.1) is 64.9 Å². The first kappa shape index (κ1) is 31.0. The van der Waals surface area contributed by atoms with Crippen molar-refractivity contribution in [2.75, 3.05) is 54.7 Å². The molecular weight excluding hydrogens is 566 g/mol. The fraction of sp³-hybridized carbons (Fsp3) is 0.485. The molecule has 2 unspecified atom stereocenters. The number of benzene rings is 2. The molecule has 3 heterocycles.